The fraction of sp³-hybridized carbons (Fsp3) is 0.125. The van der Waals surface area contributed by atoms with Gasteiger partial charge >= 0.3 is 0 Å². The third-order valence-electron chi connectivity index (χ3n) is 2.98. The van der Waals surface area contributed by atoms with E-state index in [9.17, 15) is 0 Å². The average Bonchev–Trinajstić information content (AvgIpc) is 2.94. The zero-order valence-electron chi connectivity index (χ0n) is 11.9. The van der Waals surface area contributed by atoms with Gasteiger partial charge < -0.3 is 5.32 Å². The quantitative estimate of drug-likeness (QED) is 0.570. The van der Waals surface area contributed by atoms with Gasteiger partial charge in [-0.2, -0.15) is 0 Å². The molecule has 3 nitrogen and oxygen atoms in total. The van der Waals surface area contributed by atoms with Crippen molar-refractivity contribution >= 4 is 49.8 Å². The molecule has 0 aliphatic heterocycles. The molecule has 0 radical (unpaired) electrons. The molecule has 1 N–H and O–H groups in total. The summed E-state index contributed by atoms with van der Waals surface area (Å²) in [6.45, 7) is 2.07. The lowest BCUT2D eigenvalue weighted by atomic mass is 10.2. The average molecular weight is 392 g/mol. The van der Waals surface area contributed by atoms with Gasteiger partial charge in [-0.1, -0.05) is 69.4 Å². The molecule has 0 unspecified atom stereocenters. The number of halogens is 1. The zero-order valence-corrected chi connectivity index (χ0v) is 15.1. The molecule has 0 spiro atoms. The largest absolute Gasteiger partial charge is 0.330 e. The molecule has 0 fully saturated rings. The number of aromatic nitrogens is 2. The summed E-state index contributed by atoms with van der Waals surface area (Å²) in [7, 11) is 0. The first-order valence-electron chi connectivity index (χ1n) is 6.74. The molecular formula is C16H14BrN3S2. The standard InChI is InChI=1S/C16H14BrN3S2/c1-11-5-4-7-13(9-11)18-15-19-20-16(22-15)21-10-12-6-2-3-8-14(12)17/h2-9H,10H2,1H3,(H,18,19). The van der Waals surface area contributed by atoms with Crippen LogP contribution in [0.4, 0.5) is 10.8 Å². The molecule has 1 aromatic heterocycles. The van der Waals surface area contributed by atoms with Crippen LogP contribution in [0.2, 0.25) is 0 Å². The number of hydrogen-bond donors (Lipinski definition) is 1. The van der Waals surface area contributed by atoms with E-state index in [2.05, 4.69) is 62.6 Å². The van der Waals surface area contributed by atoms with Crippen LogP contribution in [-0.4, -0.2) is 10.2 Å². The predicted molar refractivity (Wildman–Crippen MR) is 98.1 cm³/mol. The van der Waals surface area contributed by atoms with Gasteiger partial charge in [0.1, 0.15) is 0 Å². The monoisotopic (exact) mass is 391 g/mol. The Morgan fingerprint density at radius 3 is 2.82 bits per heavy atom. The van der Waals surface area contributed by atoms with Crippen molar-refractivity contribution in [1.82, 2.24) is 10.2 Å². The van der Waals surface area contributed by atoms with E-state index in [1.807, 2.05) is 24.3 Å². The molecule has 0 bridgehead atoms. The van der Waals surface area contributed by atoms with Gasteiger partial charge in [-0.15, -0.1) is 10.2 Å². The Balaban J connectivity index is 1.63. The van der Waals surface area contributed by atoms with Crippen LogP contribution in [0, 0.1) is 6.92 Å². The normalized spacial score (nSPS) is 10.6. The minimum Gasteiger partial charge on any atom is -0.330 e. The van der Waals surface area contributed by atoms with Crippen LogP contribution in [0.3, 0.4) is 0 Å². The summed E-state index contributed by atoms with van der Waals surface area (Å²) in [4.78, 5) is 0. The van der Waals surface area contributed by atoms with Crippen molar-refractivity contribution in [2.24, 2.45) is 0 Å². The highest BCUT2D eigenvalue weighted by Crippen LogP contribution is 2.31. The molecule has 0 aliphatic rings. The molecule has 6 heteroatoms. The van der Waals surface area contributed by atoms with Crippen LogP contribution in [0.15, 0.2) is 57.3 Å². The Bertz CT molecular complexity index is 773. The number of hydrogen-bond acceptors (Lipinski definition) is 5. The SMILES string of the molecule is Cc1cccc(Nc2nnc(SCc3ccccc3Br)s2)c1. The van der Waals surface area contributed by atoms with Gasteiger partial charge in [0.25, 0.3) is 0 Å². The van der Waals surface area contributed by atoms with Crippen LogP contribution >= 0.6 is 39.0 Å². The minimum atomic E-state index is 0.820. The maximum absolute atomic E-state index is 4.23. The Labute approximate surface area is 146 Å². The van der Waals surface area contributed by atoms with Gasteiger partial charge in [0.05, 0.1) is 0 Å². The minimum absolute atomic E-state index is 0.820. The number of nitrogens with one attached hydrogen (secondary N) is 1. The maximum Gasteiger partial charge on any atom is 0.210 e. The van der Waals surface area contributed by atoms with E-state index in [1.54, 1.807) is 23.1 Å². The molecule has 112 valence electrons. The van der Waals surface area contributed by atoms with Crippen molar-refractivity contribution in [2.75, 3.05) is 5.32 Å². The molecule has 0 amide bonds. The summed E-state index contributed by atoms with van der Waals surface area (Å²) in [6.07, 6.45) is 0. The Hall–Kier alpha value is -1.37. The number of aryl methyl sites for hydroxylation is 1. The molecule has 0 saturated carbocycles. The van der Waals surface area contributed by atoms with Crippen molar-refractivity contribution in [3.05, 3.63) is 64.1 Å². The van der Waals surface area contributed by atoms with E-state index in [-0.39, 0.29) is 0 Å². The number of anilines is 2. The van der Waals surface area contributed by atoms with Gasteiger partial charge in [-0.3, -0.25) is 0 Å². The molecule has 22 heavy (non-hydrogen) atoms. The lowest BCUT2D eigenvalue weighted by Crippen LogP contribution is -1.89. The third-order valence-corrected chi connectivity index (χ3v) is 5.78. The highest BCUT2D eigenvalue weighted by molar-refractivity contribution is 9.10. The fourth-order valence-electron chi connectivity index (χ4n) is 1.92. The third kappa shape index (κ3) is 4.09. The van der Waals surface area contributed by atoms with Crippen molar-refractivity contribution in [1.29, 1.82) is 0 Å². The first-order valence-corrected chi connectivity index (χ1v) is 9.33. The summed E-state index contributed by atoms with van der Waals surface area (Å²) >= 11 is 6.84. The van der Waals surface area contributed by atoms with Crippen LogP contribution < -0.4 is 5.32 Å². The fourth-order valence-corrected chi connectivity index (χ4v) is 4.31. The molecule has 3 rings (SSSR count). The number of thioether (sulfide) groups is 1. The van der Waals surface area contributed by atoms with Crippen LogP contribution in [0.1, 0.15) is 11.1 Å². The molecular weight excluding hydrogens is 378 g/mol. The lowest BCUT2D eigenvalue weighted by Gasteiger charge is -2.02. The molecule has 0 atom stereocenters. The first-order chi connectivity index (χ1) is 10.7. The second-order valence-corrected chi connectivity index (χ2v) is 7.80. The van der Waals surface area contributed by atoms with Crippen molar-refractivity contribution in [3.8, 4) is 0 Å². The summed E-state index contributed by atoms with van der Waals surface area (Å²) in [5.41, 5.74) is 3.52. The number of rotatable bonds is 5. The highest BCUT2D eigenvalue weighted by Gasteiger charge is 2.07. The van der Waals surface area contributed by atoms with E-state index in [4.69, 9.17) is 0 Å². The topological polar surface area (TPSA) is 37.8 Å². The Morgan fingerprint density at radius 2 is 2.00 bits per heavy atom. The molecule has 3 aromatic rings. The maximum atomic E-state index is 4.23. The molecule has 0 aliphatic carbocycles. The summed E-state index contributed by atoms with van der Waals surface area (Å²) in [6, 6.07) is 16.5. The lowest BCUT2D eigenvalue weighted by molar-refractivity contribution is 1.01. The Kier molecular flexibility index (Phi) is 5.12. The van der Waals surface area contributed by atoms with Gasteiger partial charge in [0.15, 0.2) is 4.34 Å². The van der Waals surface area contributed by atoms with E-state index in [1.165, 1.54) is 11.1 Å². The highest BCUT2D eigenvalue weighted by atomic mass is 79.9. The molecule has 2 aromatic carbocycles. The van der Waals surface area contributed by atoms with Crippen molar-refractivity contribution < 1.29 is 0 Å². The molecule has 0 saturated heterocycles. The predicted octanol–water partition coefficient (Wildman–Crippen LogP) is 5.64. The van der Waals surface area contributed by atoms with E-state index in [0.717, 1.165) is 25.4 Å². The number of benzene rings is 2. The number of nitrogens with zero attached hydrogens (tertiary/aromatic N) is 2. The summed E-state index contributed by atoms with van der Waals surface area (Å²) < 4.78 is 2.09. The van der Waals surface area contributed by atoms with Gasteiger partial charge in [-0.25, -0.2) is 0 Å². The van der Waals surface area contributed by atoms with Gasteiger partial charge in [0.2, 0.25) is 5.13 Å². The van der Waals surface area contributed by atoms with Crippen LogP contribution in [-0.2, 0) is 5.75 Å². The zero-order chi connectivity index (χ0) is 15.4. The second-order valence-electron chi connectivity index (χ2n) is 4.75. The first kappa shape index (κ1) is 15.5. The van der Waals surface area contributed by atoms with E-state index in [0.29, 0.717) is 0 Å². The summed E-state index contributed by atoms with van der Waals surface area (Å²) in [5.74, 6) is 0.875. The van der Waals surface area contributed by atoms with Gasteiger partial charge in [-0.05, 0) is 36.2 Å². The Morgan fingerprint density at radius 1 is 1.14 bits per heavy atom. The van der Waals surface area contributed by atoms with Crippen molar-refractivity contribution in [3.63, 3.8) is 0 Å². The van der Waals surface area contributed by atoms with Crippen LogP contribution in [0.5, 0.6) is 0 Å². The molecule has 1 heterocycles. The summed E-state index contributed by atoms with van der Waals surface area (Å²) in [5, 5.41) is 12.6. The van der Waals surface area contributed by atoms with Gasteiger partial charge in [0, 0.05) is 15.9 Å². The van der Waals surface area contributed by atoms with Crippen LogP contribution in [0.25, 0.3) is 0 Å². The van der Waals surface area contributed by atoms with E-state index >= 15 is 0 Å². The van der Waals surface area contributed by atoms with Crippen molar-refractivity contribution in [2.45, 2.75) is 17.0 Å². The smallest absolute Gasteiger partial charge is 0.210 e. The second kappa shape index (κ2) is 7.26. The van der Waals surface area contributed by atoms with E-state index < -0.39 is 0 Å².